The maximum atomic E-state index is 12.5. The Morgan fingerprint density at radius 2 is 2.09 bits per heavy atom. The Balaban J connectivity index is 1.68. The molecule has 32 heavy (non-hydrogen) atoms. The third-order valence-corrected chi connectivity index (χ3v) is 5.19. The number of carbonyl (C=O) groups is 1. The van der Waals surface area contributed by atoms with Crippen LogP contribution in [0.4, 0.5) is 5.82 Å². The molecule has 0 bridgehead atoms. The maximum absolute atomic E-state index is 12.5. The molecule has 0 aliphatic carbocycles. The fraction of sp³-hybridized carbons (Fsp3) is 0.250. The average Bonchev–Trinajstić information content (AvgIpc) is 3.05. The highest BCUT2D eigenvalue weighted by molar-refractivity contribution is 6.31. The van der Waals surface area contributed by atoms with Crippen molar-refractivity contribution in [2.75, 3.05) is 11.9 Å². The predicted octanol–water partition coefficient (Wildman–Crippen LogP) is 4.93. The van der Waals surface area contributed by atoms with E-state index in [4.69, 9.17) is 21.6 Å². The van der Waals surface area contributed by atoms with Crippen LogP contribution in [0.15, 0.2) is 48.7 Å². The number of nitrogens with zero attached hydrogens (tertiary/aromatic N) is 4. The van der Waals surface area contributed by atoms with Gasteiger partial charge in [-0.15, -0.1) is 0 Å². The van der Waals surface area contributed by atoms with Crippen LogP contribution in [-0.2, 0) is 11.3 Å². The molecule has 7 nitrogen and oxygen atoms in total. The Bertz CT molecular complexity index is 1160. The number of unbranched alkanes of at least 4 members (excludes halogenated alkanes) is 1. The Morgan fingerprint density at radius 3 is 2.88 bits per heavy atom. The summed E-state index contributed by atoms with van der Waals surface area (Å²) in [6.45, 7) is 4.79. The molecule has 1 amide bonds. The first kappa shape index (κ1) is 23.0. The summed E-state index contributed by atoms with van der Waals surface area (Å²) in [6.07, 6.45) is 5.79. The Hall–Kier alpha value is -3.63. The Labute approximate surface area is 192 Å². The fourth-order valence-corrected chi connectivity index (χ4v) is 3.34. The van der Waals surface area contributed by atoms with Gasteiger partial charge in [-0.05, 0) is 50.1 Å². The van der Waals surface area contributed by atoms with Gasteiger partial charge in [0.15, 0.2) is 11.6 Å². The van der Waals surface area contributed by atoms with Crippen LogP contribution in [0.1, 0.15) is 35.4 Å². The normalized spacial score (nSPS) is 10.8. The molecular formula is C24H24ClN5O2. The molecule has 0 saturated carbocycles. The molecular weight excluding hydrogens is 426 g/mol. The number of halogens is 1. The predicted molar refractivity (Wildman–Crippen MR) is 124 cm³/mol. The number of pyridine rings is 1. The molecule has 2 aromatic heterocycles. The van der Waals surface area contributed by atoms with E-state index in [1.54, 1.807) is 24.4 Å². The molecule has 164 valence electrons. The molecule has 2 heterocycles. The van der Waals surface area contributed by atoms with Crippen molar-refractivity contribution < 1.29 is 9.53 Å². The van der Waals surface area contributed by atoms with E-state index in [1.807, 2.05) is 42.8 Å². The van der Waals surface area contributed by atoms with Gasteiger partial charge in [0.05, 0.1) is 24.9 Å². The number of amides is 1. The molecule has 0 fully saturated rings. The second-order valence-corrected chi connectivity index (χ2v) is 7.52. The highest BCUT2D eigenvalue weighted by atomic mass is 35.5. The van der Waals surface area contributed by atoms with E-state index in [0.717, 1.165) is 22.5 Å². The highest BCUT2D eigenvalue weighted by Crippen LogP contribution is 2.22. The first-order chi connectivity index (χ1) is 15.5. The molecule has 1 N–H and O–H groups in total. The zero-order valence-electron chi connectivity index (χ0n) is 18.0. The lowest BCUT2D eigenvalue weighted by Gasteiger charge is -2.09. The summed E-state index contributed by atoms with van der Waals surface area (Å²) in [5.41, 5.74) is 3.61. The molecule has 0 spiro atoms. The molecule has 0 radical (unpaired) electrons. The summed E-state index contributed by atoms with van der Waals surface area (Å²) >= 11 is 6.27. The number of rotatable bonds is 9. The van der Waals surface area contributed by atoms with Gasteiger partial charge in [-0.25, -0.2) is 4.98 Å². The van der Waals surface area contributed by atoms with Gasteiger partial charge in [-0.1, -0.05) is 29.8 Å². The van der Waals surface area contributed by atoms with E-state index in [-0.39, 0.29) is 5.91 Å². The van der Waals surface area contributed by atoms with Crippen LogP contribution in [0.25, 0.3) is 6.08 Å². The van der Waals surface area contributed by atoms with Crippen molar-refractivity contribution in [3.63, 3.8) is 0 Å². The van der Waals surface area contributed by atoms with Crippen molar-refractivity contribution in [1.29, 1.82) is 5.26 Å². The zero-order valence-corrected chi connectivity index (χ0v) is 18.8. The van der Waals surface area contributed by atoms with Crippen molar-refractivity contribution in [1.82, 2.24) is 14.8 Å². The summed E-state index contributed by atoms with van der Waals surface area (Å²) < 4.78 is 7.51. The molecule has 8 heteroatoms. The van der Waals surface area contributed by atoms with Gasteiger partial charge >= 0.3 is 0 Å². The second-order valence-electron chi connectivity index (χ2n) is 7.12. The lowest BCUT2D eigenvalue weighted by molar-refractivity contribution is -0.111. The summed E-state index contributed by atoms with van der Waals surface area (Å²) in [7, 11) is 0. The van der Waals surface area contributed by atoms with E-state index < -0.39 is 0 Å². The van der Waals surface area contributed by atoms with Gasteiger partial charge in [-0.3, -0.25) is 9.48 Å². The van der Waals surface area contributed by atoms with E-state index in [2.05, 4.69) is 21.5 Å². The minimum absolute atomic E-state index is 0.330. The molecule has 0 aliphatic rings. The number of benzene rings is 1. The van der Waals surface area contributed by atoms with Crippen molar-refractivity contribution in [3.05, 3.63) is 76.2 Å². The van der Waals surface area contributed by atoms with Crippen LogP contribution in [0, 0.1) is 25.2 Å². The van der Waals surface area contributed by atoms with Crippen LogP contribution in [0.3, 0.4) is 0 Å². The van der Waals surface area contributed by atoms with Gasteiger partial charge in [0.1, 0.15) is 0 Å². The Kier molecular flexibility index (Phi) is 8.01. The van der Waals surface area contributed by atoms with Crippen LogP contribution >= 0.6 is 11.6 Å². The third kappa shape index (κ3) is 5.96. The monoisotopic (exact) mass is 449 g/mol. The van der Waals surface area contributed by atoms with Gasteiger partial charge in [0.25, 0.3) is 0 Å². The van der Waals surface area contributed by atoms with Crippen LogP contribution in [0.2, 0.25) is 5.02 Å². The number of aryl methyl sites for hydroxylation is 1. The standard InChI is InChI=1S/C24H24ClN5O2/c1-17-20(18(2)30(29-17)16-19-8-3-4-9-21(19)25)11-12-23(31)28-24-22(10-7-14-27-24)32-15-6-5-13-26/h3-4,7-12,14H,5-6,15-16H2,1-2H3,(H,27,28,31)/b12-11+. The second kappa shape index (κ2) is 11.1. The number of carbonyl (C=O) groups excluding carboxylic acids is 1. The Morgan fingerprint density at radius 1 is 1.28 bits per heavy atom. The van der Waals surface area contributed by atoms with Gasteiger partial charge < -0.3 is 10.1 Å². The van der Waals surface area contributed by atoms with Crippen molar-refractivity contribution in [2.24, 2.45) is 0 Å². The fourth-order valence-electron chi connectivity index (χ4n) is 3.15. The van der Waals surface area contributed by atoms with E-state index in [9.17, 15) is 4.79 Å². The van der Waals surface area contributed by atoms with Crippen LogP contribution < -0.4 is 10.1 Å². The smallest absolute Gasteiger partial charge is 0.249 e. The quantitative estimate of drug-likeness (QED) is 0.369. The topological polar surface area (TPSA) is 92.8 Å². The van der Waals surface area contributed by atoms with Crippen molar-refractivity contribution in [2.45, 2.75) is 33.2 Å². The minimum Gasteiger partial charge on any atom is -0.490 e. The lowest BCUT2D eigenvalue weighted by atomic mass is 10.1. The first-order valence-corrected chi connectivity index (χ1v) is 10.6. The molecule has 1 aromatic carbocycles. The number of aromatic nitrogens is 3. The largest absolute Gasteiger partial charge is 0.490 e. The zero-order chi connectivity index (χ0) is 22.9. The number of hydrogen-bond acceptors (Lipinski definition) is 5. The molecule has 3 aromatic rings. The van der Waals surface area contributed by atoms with Crippen molar-refractivity contribution >= 4 is 29.4 Å². The number of nitrogens with one attached hydrogen (secondary N) is 1. The van der Waals surface area contributed by atoms with Gasteiger partial charge in [0, 0.05) is 35.0 Å². The number of hydrogen-bond donors (Lipinski definition) is 1. The number of nitriles is 1. The first-order valence-electron chi connectivity index (χ1n) is 10.2. The SMILES string of the molecule is Cc1nn(Cc2ccccc2Cl)c(C)c1/C=C/C(=O)Nc1ncccc1OCCCC#N. The molecule has 3 rings (SSSR count). The van der Waals surface area contributed by atoms with Gasteiger partial charge in [0.2, 0.25) is 5.91 Å². The van der Waals surface area contributed by atoms with E-state index in [0.29, 0.717) is 42.6 Å². The summed E-state index contributed by atoms with van der Waals surface area (Å²) in [5, 5.41) is 16.6. The molecule has 0 atom stereocenters. The molecule has 0 unspecified atom stereocenters. The summed E-state index contributed by atoms with van der Waals surface area (Å²) in [4.78, 5) is 16.7. The highest BCUT2D eigenvalue weighted by Gasteiger charge is 2.12. The van der Waals surface area contributed by atoms with Crippen molar-refractivity contribution in [3.8, 4) is 11.8 Å². The average molecular weight is 450 g/mol. The summed E-state index contributed by atoms with van der Waals surface area (Å²) in [5.74, 6) is 0.470. The third-order valence-electron chi connectivity index (χ3n) is 4.82. The lowest BCUT2D eigenvalue weighted by Crippen LogP contribution is -2.11. The molecule has 0 aliphatic heterocycles. The number of ether oxygens (including phenoxy) is 1. The number of anilines is 1. The van der Waals surface area contributed by atoms with Gasteiger partial charge in [-0.2, -0.15) is 10.4 Å². The van der Waals surface area contributed by atoms with E-state index >= 15 is 0 Å². The minimum atomic E-state index is -0.330. The molecule has 0 saturated heterocycles. The summed E-state index contributed by atoms with van der Waals surface area (Å²) in [6, 6.07) is 13.2. The van der Waals surface area contributed by atoms with Crippen LogP contribution in [-0.4, -0.2) is 27.3 Å². The van der Waals surface area contributed by atoms with Crippen LogP contribution in [0.5, 0.6) is 5.75 Å². The van der Waals surface area contributed by atoms with E-state index in [1.165, 1.54) is 6.08 Å². The maximum Gasteiger partial charge on any atom is 0.249 e.